The minimum absolute atomic E-state index is 0.254. The average molecular weight is 305 g/mol. The molecule has 2 aliphatic heterocycles. The van der Waals surface area contributed by atoms with Crippen LogP contribution in [0.3, 0.4) is 0 Å². The monoisotopic (exact) mass is 305 g/mol. The number of fused-ring (bicyclic) bond motifs is 1. The van der Waals surface area contributed by atoms with Crippen LogP contribution in [0.15, 0.2) is 35.4 Å². The first-order valence-electron chi connectivity index (χ1n) is 7.26. The van der Waals surface area contributed by atoms with Crippen LogP contribution in [0.1, 0.15) is 19.4 Å². The summed E-state index contributed by atoms with van der Waals surface area (Å²) in [6, 6.07) is 9.43. The molecular weight excluding hydrogens is 286 g/mol. The Hall–Kier alpha value is -1.63. The van der Waals surface area contributed by atoms with Crippen LogP contribution >= 0.6 is 0 Å². The fraction of sp³-hybridized carbons (Fsp3) is 0.600. The van der Waals surface area contributed by atoms with Crippen molar-refractivity contribution >= 4 is 0 Å². The molecular formula is C15H19N3O4. The highest BCUT2D eigenvalue weighted by molar-refractivity contribution is 5.13. The van der Waals surface area contributed by atoms with Crippen molar-refractivity contribution < 1.29 is 18.9 Å². The van der Waals surface area contributed by atoms with Crippen molar-refractivity contribution in [3.05, 3.63) is 46.3 Å². The van der Waals surface area contributed by atoms with Gasteiger partial charge < -0.3 is 18.9 Å². The number of hydrogen-bond acceptors (Lipinski definition) is 5. The zero-order chi connectivity index (χ0) is 15.6. The molecule has 0 amide bonds. The van der Waals surface area contributed by atoms with E-state index in [0.717, 1.165) is 5.56 Å². The summed E-state index contributed by atoms with van der Waals surface area (Å²) < 4.78 is 23.2. The van der Waals surface area contributed by atoms with E-state index >= 15 is 0 Å². The van der Waals surface area contributed by atoms with E-state index in [1.54, 1.807) is 0 Å². The molecule has 0 saturated carbocycles. The first-order valence-corrected chi connectivity index (χ1v) is 7.26. The maximum Gasteiger partial charge on any atom is 0.186 e. The summed E-state index contributed by atoms with van der Waals surface area (Å²) in [4.78, 5) is 2.85. The molecule has 118 valence electrons. The lowest BCUT2D eigenvalue weighted by atomic mass is 10.0. The molecule has 0 spiro atoms. The molecule has 2 fully saturated rings. The quantitative estimate of drug-likeness (QED) is 0.486. The summed E-state index contributed by atoms with van der Waals surface area (Å²) in [7, 11) is 0. The van der Waals surface area contributed by atoms with Crippen LogP contribution in [0.2, 0.25) is 0 Å². The lowest BCUT2D eigenvalue weighted by Crippen LogP contribution is -2.51. The number of hydrogen-bond donors (Lipinski definition) is 0. The highest BCUT2D eigenvalue weighted by atomic mass is 16.8. The van der Waals surface area contributed by atoms with E-state index in [9.17, 15) is 0 Å². The summed E-state index contributed by atoms with van der Waals surface area (Å²) in [5.41, 5.74) is 9.72. The summed E-state index contributed by atoms with van der Waals surface area (Å²) in [6.07, 6.45) is -1.32. The van der Waals surface area contributed by atoms with Crippen LogP contribution in [0, 0.1) is 0 Å². The van der Waals surface area contributed by atoms with Gasteiger partial charge in [0.25, 0.3) is 0 Å². The van der Waals surface area contributed by atoms with Crippen molar-refractivity contribution in [1.29, 1.82) is 0 Å². The third kappa shape index (κ3) is 3.24. The van der Waals surface area contributed by atoms with Gasteiger partial charge in [-0.3, -0.25) is 0 Å². The van der Waals surface area contributed by atoms with E-state index in [0.29, 0.717) is 6.61 Å². The third-order valence-corrected chi connectivity index (χ3v) is 3.70. The van der Waals surface area contributed by atoms with E-state index in [4.69, 9.17) is 24.5 Å². The molecule has 1 aromatic carbocycles. The van der Waals surface area contributed by atoms with Crippen molar-refractivity contribution in [1.82, 2.24) is 0 Å². The first-order chi connectivity index (χ1) is 10.6. The van der Waals surface area contributed by atoms with Crippen LogP contribution in [-0.2, 0) is 25.6 Å². The normalized spacial score (nSPS) is 33.0. The number of benzene rings is 1. The van der Waals surface area contributed by atoms with E-state index in [1.165, 1.54) is 0 Å². The minimum atomic E-state index is -0.749. The third-order valence-electron chi connectivity index (χ3n) is 3.70. The van der Waals surface area contributed by atoms with E-state index < -0.39 is 24.2 Å². The van der Waals surface area contributed by atoms with Gasteiger partial charge >= 0.3 is 0 Å². The van der Waals surface area contributed by atoms with E-state index in [1.807, 2.05) is 44.2 Å². The standard InChI is InChI=1S/C15H19N3O4/c1-15(2)21-12-11(17-18-16)9-20-14(13(12)22-15)19-8-10-6-4-3-5-7-10/h3-7,11-14H,8-9H2,1-2H3/t11-,12+,13+,14+/m1/s1. The predicted molar refractivity (Wildman–Crippen MR) is 77.7 cm³/mol. The van der Waals surface area contributed by atoms with Crippen LogP contribution in [0.25, 0.3) is 10.4 Å². The van der Waals surface area contributed by atoms with Gasteiger partial charge in [-0.2, -0.15) is 0 Å². The maximum atomic E-state index is 8.66. The minimum Gasteiger partial charge on any atom is -0.349 e. The average Bonchev–Trinajstić information content (AvgIpc) is 2.83. The van der Waals surface area contributed by atoms with Gasteiger partial charge in [0.1, 0.15) is 12.2 Å². The second-order valence-corrected chi connectivity index (χ2v) is 5.84. The van der Waals surface area contributed by atoms with Gasteiger partial charge in [0.15, 0.2) is 12.1 Å². The lowest BCUT2D eigenvalue weighted by Gasteiger charge is -2.34. The zero-order valence-electron chi connectivity index (χ0n) is 12.6. The molecule has 7 heteroatoms. The fourth-order valence-corrected chi connectivity index (χ4v) is 2.77. The van der Waals surface area contributed by atoms with E-state index in [-0.39, 0.29) is 12.7 Å². The smallest absolute Gasteiger partial charge is 0.186 e. The second-order valence-electron chi connectivity index (χ2n) is 5.84. The van der Waals surface area contributed by atoms with Crippen LogP contribution in [-0.4, -0.2) is 36.9 Å². The van der Waals surface area contributed by atoms with Gasteiger partial charge in [0.05, 0.1) is 19.3 Å². The fourth-order valence-electron chi connectivity index (χ4n) is 2.77. The molecule has 0 bridgehead atoms. The first kappa shape index (κ1) is 15.3. The van der Waals surface area contributed by atoms with Crippen LogP contribution < -0.4 is 0 Å². The topological polar surface area (TPSA) is 85.7 Å². The van der Waals surface area contributed by atoms with Gasteiger partial charge in [-0.25, -0.2) is 0 Å². The number of azide groups is 1. The van der Waals surface area contributed by atoms with Crippen LogP contribution in [0.4, 0.5) is 0 Å². The molecule has 0 aliphatic carbocycles. The molecule has 2 saturated heterocycles. The Labute approximate surface area is 128 Å². The largest absolute Gasteiger partial charge is 0.349 e. The molecule has 2 aliphatic rings. The Bertz CT molecular complexity index is 559. The Morgan fingerprint density at radius 2 is 2.00 bits per heavy atom. The Kier molecular flexibility index (Phi) is 4.33. The Balaban J connectivity index is 1.69. The van der Waals surface area contributed by atoms with Gasteiger partial charge in [0.2, 0.25) is 0 Å². The maximum absolute atomic E-state index is 8.66. The molecule has 3 rings (SSSR count). The van der Waals surface area contributed by atoms with Gasteiger partial charge in [-0.1, -0.05) is 35.4 Å². The molecule has 0 unspecified atom stereocenters. The van der Waals surface area contributed by atoms with E-state index in [2.05, 4.69) is 10.0 Å². The zero-order valence-corrected chi connectivity index (χ0v) is 12.6. The van der Waals surface area contributed by atoms with Gasteiger partial charge in [-0.15, -0.1) is 0 Å². The molecule has 4 atom stereocenters. The number of rotatable bonds is 4. The molecule has 7 nitrogen and oxygen atoms in total. The molecule has 2 heterocycles. The van der Waals surface area contributed by atoms with Gasteiger partial charge in [0, 0.05) is 4.91 Å². The number of ether oxygens (including phenoxy) is 4. The predicted octanol–water partition coefficient (Wildman–Crippen LogP) is 2.76. The lowest BCUT2D eigenvalue weighted by molar-refractivity contribution is -0.237. The Morgan fingerprint density at radius 3 is 2.73 bits per heavy atom. The van der Waals surface area contributed by atoms with Crippen LogP contribution in [0.5, 0.6) is 0 Å². The number of nitrogens with zero attached hydrogens (tertiary/aromatic N) is 3. The molecule has 0 aromatic heterocycles. The summed E-state index contributed by atoms with van der Waals surface area (Å²) in [5.74, 6) is -0.749. The molecule has 0 N–H and O–H groups in total. The SMILES string of the molecule is CC1(C)O[C@@H]2[C@@H](OCc3ccccc3)OC[C@@H](N=[N+]=[N-])[C@@H]2O1. The Morgan fingerprint density at radius 1 is 1.27 bits per heavy atom. The molecule has 1 aromatic rings. The van der Waals surface area contributed by atoms with Crippen molar-refractivity contribution in [2.24, 2.45) is 5.11 Å². The van der Waals surface area contributed by atoms with Crippen molar-refractivity contribution in [2.45, 2.75) is 50.8 Å². The van der Waals surface area contributed by atoms with Crippen molar-refractivity contribution in [3.63, 3.8) is 0 Å². The highest BCUT2D eigenvalue weighted by Crippen LogP contribution is 2.37. The van der Waals surface area contributed by atoms with Crippen molar-refractivity contribution in [2.75, 3.05) is 6.61 Å². The summed E-state index contributed by atoms with van der Waals surface area (Å²) >= 11 is 0. The summed E-state index contributed by atoms with van der Waals surface area (Å²) in [6.45, 7) is 4.33. The highest BCUT2D eigenvalue weighted by Gasteiger charge is 2.52. The molecule has 22 heavy (non-hydrogen) atoms. The summed E-state index contributed by atoms with van der Waals surface area (Å²) in [5, 5.41) is 3.74. The molecule has 0 radical (unpaired) electrons. The second kappa shape index (κ2) is 6.24. The van der Waals surface area contributed by atoms with Gasteiger partial charge in [-0.05, 0) is 24.9 Å². The van der Waals surface area contributed by atoms with Crippen molar-refractivity contribution in [3.8, 4) is 0 Å².